The topological polar surface area (TPSA) is 27.7 Å². The van der Waals surface area contributed by atoms with Crippen molar-refractivity contribution in [1.82, 2.24) is 0 Å². The molecular formula is C15H23I3O3Si. The summed E-state index contributed by atoms with van der Waals surface area (Å²) in [7, 11) is -2.85. The molecule has 1 rings (SSSR count). The smallest absolute Gasteiger partial charge is 0.370 e. The maximum absolute atomic E-state index is 6.23. The van der Waals surface area contributed by atoms with Crippen molar-refractivity contribution < 1.29 is 13.3 Å². The Morgan fingerprint density at radius 1 is 0.727 bits per heavy atom. The van der Waals surface area contributed by atoms with Crippen molar-refractivity contribution in [2.75, 3.05) is 19.8 Å². The standard InChI is InChI=1S/C15H23I3O3Si/c1-4-7-19-22(20-8-5-2,21-9-6-3)15-11-13(17)12(16)10-14(15)18/h10-11H,4-9H2,1-3H3. The lowest BCUT2D eigenvalue weighted by Crippen LogP contribution is -2.58. The fourth-order valence-corrected chi connectivity index (χ4v) is 7.93. The van der Waals surface area contributed by atoms with E-state index >= 15 is 0 Å². The van der Waals surface area contributed by atoms with Gasteiger partial charge in [-0.05, 0) is 99.2 Å². The first kappa shape index (κ1) is 21.5. The van der Waals surface area contributed by atoms with Crippen molar-refractivity contribution in [3.8, 4) is 0 Å². The van der Waals surface area contributed by atoms with E-state index in [1.807, 2.05) is 0 Å². The van der Waals surface area contributed by atoms with Crippen molar-refractivity contribution >= 4 is 81.8 Å². The van der Waals surface area contributed by atoms with Crippen molar-refractivity contribution in [3.63, 3.8) is 0 Å². The Morgan fingerprint density at radius 2 is 1.14 bits per heavy atom. The van der Waals surface area contributed by atoms with E-state index < -0.39 is 8.80 Å². The number of benzene rings is 1. The van der Waals surface area contributed by atoms with E-state index in [1.165, 1.54) is 7.14 Å². The molecule has 126 valence electrons. The Labute approximate surface area is 176 Å². The molecule has 0 aliphatic heterocycles. The van der Waals surface area contributed by atoms with E-state index in [-0.39, 0.29) is 0 Å². The molecule has 1 aromatic carbocycles. The van der Waals surface area contributed by atoms with Gasteiger partial charge in [0, 0.05) is 35.7 Å². The van der Waals surface area contributed by atoms with Gasteiger partial charge in [0.1, 0.15) is 0 Å². The average Bonchev–Trinajstić information content (AvgIpc) is 2.51. The molecule has 3 nitrogen and oxygen atoms in total. The van der Waals surface area contributed by atoms with Crippen LogP contribution in [0.15, 0.2) is 12.1 Å². The molecule has 0 N–H and O–H groups in total. The van der Waals surface area contributed by atoms with Gasteiger partial charge < -0.3 is 13.3 Å². The van der Waals surface area contributed by atoms with Gasteiger partial charge in [0.15, 0.2) is 0 Å². The minimum Gasteiger partial charge on any atom is -0.370 e. The second-order valence-electron chi connectivity index (χ2n) is 4.85. The van der Waals surface area contributed by atoms with Crippen LogP contribution >= 0.6 is 67.8 Å². The quantitative estimate of drug-likeness (QED) is 0.203. The van der Waals surface area contributed by atoms with Crippen molar-refractivity contribution in [2.24, 2.45) is 0 Å². The maximum Gasteiger partial charge on any atom is 0.538 e. The summed E-state index contributed by atoms with van der Waals surface area (Å²) in [5.74, 6) is 0. The number of hydrogen-bond donors (Lipinski definition) is 0. The SMILES string of the molecule is CCCO[Si](OCCC)(OCCC)c1cc(I)c(I)cc1I. The molecule has 0 fully saturated rings. The van der Waals surface area contributed by atoms with Crippen LogP contribution in [0.25, 0.3) is 0 Å². The molecule has 0 spiro atoms. The summed E-state index contributed by atoms with van der Waals surface area (Å²) in [4.78, 5) is 0. The van der Waals surface area contributed by atoms with Crippen LogP contribution in [-0.2, 0) is 13.3 Å². The first-order valence-electron chi connectivity index (χ1n) is 7.57. The maximum atomic E-state index is 6.23. The van der Waals surface area contributed by atoms with E-state index in [4.69, 9.17) is 13.3 Å². The molecule has 0 amide bonds. The molecule has 7 heteroatoms. The van der Waals surface area contributed by atoms with E-state index in [9.17, 15) is 0 Å². The molecule has 0 bridgehead atoms. The molecule has 0 saturated heterocycles. The van der Waals surface area contributed by atoms with Crippen LogP contribution in [0.5, 0.6) is 0 Å². The van der Waals surface area contributed by atoms with Gasteiger partial charge in [0.05, 0.1) is 0 Å². The summed E-state index contributed by atoms with van der Waals surface area (Å²) in [6.45, 7) is 8.33. The molecule has 1 aromatic rings. The van der Waals surface area contributed by atoms with E-state index in [1.54, 1.807) is 0 Å². The predicted molar refractivity (Wildman–Crippen MR) is 119 cm³/mol. The van der Waals surface area contributed by atoms with Gasteiger partial charge in [-0.1, -0.05) is 20.8 Å². The monoisotopic (exact) mass is 660 g/mol. The Kier molecular flexibility index (Phi) is 11.0. The highest BCUT2D eigenvalue weighted by atomic mass is 127. The minimum atomic E-state index is -2.85. The normalized spacial score (nSPS) is 11.9. The fraction of sp³-hybridized carbons (Fsp3) is 0.600. The van der Waals surface area contributed by atoms with E-state index in [2.05, 4.69) is 101 Å². The lowest BCUT2D eigenvalue weighted by molar-refractivity contribution is 0.0730. The summed E-state index contributed by atoms with van der Waals surface area (Å²) in [5, 5.41) is 1.10. The summed E-state index contributed by atoms with van der Waals surface area (Å²) in [6.07, 6.45) is 2.87. The molecule has 0 radical (unpaired) electrons. The summed E-state index contributed by atoms with van der Waals surface area (Å²) in [6, 6.07) is 4.36. The van der Waals surface area contributed by atoms with Gasteiger partial charge in [0.25, 0.3) is 0 Å². The fourth-order valence-electron chi connectivity index (χ4n) is 1.82. The van der Waals surface area contributed by atoms with Crippen LogP contribution in [0.4, 0.5) is 0 Å². The van der Waals surface area contributed by atoms with Gasteiger partial charge >= 0.3 is 8.80 Å². The third kappa shape index (κ3) is 6.10. The van der Waals surface area contributed by atoms with Crippen LogP contribution < -0.4 is 5.19 Å². The van der Waals surface area contributed by atoms with Gasteiger partial charge in [-0.2, -0.15) is 0 Å². The van der Waals surface area contributed by atoms with E-state index in [0.717, 1.165) is 28.0 Å². The molecule has 22 heavy (non-hydrogen) atoms. The van der Waals surface area contributed by atoms with E-state index in [0.29, 0.717) is 19.8 Å². The summed E-state index contributed by atoms with van der Waals surface area (Å²) >= 11 is 7.10. The lowest BCUT2D eigenvalue weighted by atomic mass is 10.4. The van der Waals surface area contributed by atoms with Crippen LogP contribution in [0.1, 0.15) is 40.0 Å². The third-order valence-electron chi connectivity index (χ3n) is 2.83. The summed E-state index contributed by atoms with van der Waals surface area (Å²) in [5.41, 5.74) is 0. The number of rotatable bonds is 10. The molecule has 0 atom stereocenters. The van der Waals surface area contributed by atoms with Crippen LogP contribution in [0, 0.1) is 10.7 Å². The third-order valence-corrected chi connectivity index (χ3v) is 9.87. The van der Waals surface area contributed by atoms with Crippen molar-refractivity contribution in [2.45, 2.75) is 40.0 Å². The van der Waals surface area contributed by atoms with Crippen molar-refractivity contribution in [1.29, 1.82) is 0 Å². The van der Waals surface area contributed by atoms with Crippen LogP contribution in [0.3, 0.4) is 0 Å². The predicted octanol–water partition coefficient (Wildman–Crippen LogP) is 4.93. The second-order valence-corrected chi connectivity index (χ2v) is 10.9. The second kappa shape index (κ2) is 11.2. The van der Waals surface area contributed by atoms with Gasteiger partial charge in [-0.25, -0.2) is 0 Å². The lowest BCUT2D eigenvalue weighted by Gasteiger charge is -2.30. The highest BCUT2D eigenvalue weighted by molar-refractivity contribution is 14.1. The number of hydrogen-bond acceptors (Lipinski definition) is 3. The molecule has 0 unspecified atom stereocenters. The minimum absolute atomic E-state index is 0.665. The Morgan fingerprint density at radius 3 is 1.55 bits per heavy atom. The van der Waals surface area contributed by atoms with Crippen molar-refractivity contribution in [3.05, 3.63) is 22.8 Å². The molecule has 0 aliphatic rings. The van der Waals surface area contributed by atoms with Gasteiger partial charge in [-0.15, -0.1) is 0 Å². The Balaban J connectivity index is 3.27. The largest absolute Gasteiger partial charge is 0.538 e. The zero-order valence-corrected chi connectivity index (χ0v) is 20.7. The van der Waals surface area contributed by atoms with Crippen LogP contribution in [-0.4, -0.2) is 28.6 Å². The van der Waals surface area contributed by atoms with Gasteiger partial charge in [0.2, 0.25) is 0 Å². The molecule has 0 aliphatic carbocycles. The zero-order valence-electron chi connectivity index (χ0n) is 13.3. The molecule has 0 heterocycles. The molecule has 0 saturated carbocycles. The molecule has 0 aromatic heterocycles. The van der Waals surface area contributed by atoms with Gasteiger partial charge in [-0.3, -0.25) is 0 Å². The number of halogens is 3. The van der Waals surface area contributed by atoms with Crippen LogP contribution in [0.2, 0.25) is 0 Å². The highest BCUT2D eigenvalue weighted by Gasteiger charge is 2.45. The first-order chi connectivity index (χ1) is 10.5. The molecular weight excluding hydrogens is 637 g/mol. The first-order valence-corrected chi connectivity index (χ1v) is 12.5. The Hall–Kier alpha value is 1.51. The summed E-state index contributed by atoms with van der Waals surface area (Å²) < 4.78 is 22.3. The average molecular weight is 660 g/mol. The Bertz CT molecular complexity index is 450. The zero-order chi connectivity index (χ0) is 16.6. The highest BCUT2D eigenvalue weighted by Crippen LogP contribution is 2.22.